The molecule has 1 heterocycles. The number of methoxy groups -OCH3 is 1. The van der Waals surface area contributed by atoms with E-state index in [1.807, 2.05) is 4.90 Å². The molecule has 0 radical (unpaired) electrons. The van der Waals surface area contributed by atoms with E-state index in [9.17, 15) is 4.79 Å². The molecule has 19 heavy (non-hydrogen) atoms. The van der Waals surface area contributed by atoms with Crippen molar-refractivity contribution in [3.05, 3.63) is 0 Å². The highest BCUT2D eigenvalue weighted by atomic mass is 16.5. The van der Waals surface area contributed by atoms with Gasteiger partial charge >= 0.3 is 0 Å². The Hall–Kier alpha value is -0.650. The number of nitrogens with two attached hydrogens (primary N) is 1. The fourth-order valence-electron chi connectivity index (χ4n) is 2.52. The Morgan fingerprint density at radius 2 is 2.05 bits per heavy atom. The Morgan fingerprint density at radius 1 is 1.42 bits per heavy atom. The van der Waals surface area contributed by atoms with Crippen LogP contribution in [0.3, 0.4) is 0 Å². The minimum Gasteiger partial charge on any atom is -0.383 e. The Labute approximate surface area is 116 Å². The number of carbonyl (C=O) groups excluding carboxylic acids is 1. The molecule has 0 aromatic rings. The fraction of sp³-hybridized carbons (Fsp3) is 0.929. The molecule has 0 unspecified atom stereocenters. The number of hydrogen-bond donors (Lipinski definition) is 1. The van der Waals surface area contributed by atoms with Gasteiger partial charge in [-0.2, -0.15) is 0 Å². The highest BCUT2D eigenvalue weighted by molar-refractivity contribution is 5.83. The van der Waals surface area contributed by atoms with E-state index in [2.05, 4.69) is 13.8 Å². The largest absolute Gasteiger partial charge is 0.383 e. The van der Waals surface area contributed by atoms with Crippen molar-refractivity contribution in [2.24, 2.45) is 17.1 Å². The third kappa shape index (κ3) is 4.44. The van der Waals surface area contributed by atoms with Gasteiger partial charge in [0.05, 0.1) is 12.0 Å². The van der Waals surface area contributed by atoms with Crippen LogP contribution >= 0.6 is 0 Å². The molecule has 1 rings (SSSR count). The first-order valence-electron chi connectivity index (χ1n) is 7.12. The molecule has 1 aliphatic heterocycles. The zero-order chi connectivity index (χ0) is 14.3. The molecule has 1 aliphatic rings. The summed E-state index contributed by atoms with van der Waals surface area (Å²) in [6, 6.07) is 0. The summed E-state index contributed by atoms with van der Waals surface area (Å²) in [5, 5.41) is 0. The predicted molar refractivity (Wildman–Crippen MR) is 74.8 cm³/mol. The van der Waals surface area contributed by atoms with E-state index < -0.39 is 5.41 Å². The lowest BCUT2D eigenvalue weighted by Gasteiger charge is -2.39. The van der Waals surface area contributed by atoms with E-state index in [4.69, 9.17) is 15.2 Å². The average Bonchev–Trinajstić information content (AvgIpc) is 2.43. The second-order valence-electron chi connectivity index (χ2n) is 5.73. The van der Waals surface area contributed by atoms with Gasteiger partial charge in [-0.05, 0) is 18.8 Å². The van der Waals surface area contributed by atoms with E-state index in [0.29, 0.717) is 38.8 Å². The molecule has 1 amide bonds. The quantitative estimate of drug-likeness (QED) is 0.747. The van der Waals surface area contributed by atoms with Gasteiger partial charge in [0, 0.05) is 40.0 Å². The van der Waals surface area contributed by atoms with Gasteiger partial charge in [-0.1, -0.05) is 13.8 Å². The third-order valence-corrected chi connectivity index (χ3v) is 3.73. The normalized spacial score (nSPS) is 18.6. The molecule has 0 saturated carbocycles. The smallest absolute Gasteiger partial charge is 0.230 e. The van der Waals surface area contributed by atoms with Gasteiger partial charge in [-0.15, -0.1) is 0 Å². The van der Waals surface area contributed by atoms with Crippen LogP contribution in [0.1, 0.15) is 26.7 Å². The number of carbonyl (C=O) groups is 1. The summed E-state index contributed by atoms with van der Waals surface area (Å²) in [6.07, 6.45) is 1.45. The SMILES string of the molecule is COCCN(CC(C)C)C(=O)C1(CN)CCOCC1. The Bertz CT molecular complexity index is 276. The first-order valence-corrected chi connectivity index (χ1v) is 7.12. The van der Waals surface area contributed by atoms with Crippen molar-refractivity contribution in [1.82, 2.24) is 4.90 Å². The van der Waals surface area contributed by atoms with Gasteiger partial charge in [0.15, 0.2) is 0 Å². The van der Waals surface area contributed by atoms with Gasteiger partial charge in [0.2, 0.25) is 5.91 Å². The summed E-state index contributed by atoms with van der Waals surface area (Å²) in [4.78, 5) is 14.7. The molecule has 0 aromatic carbocycles. The second kappa shape index (κ2) is 7.82. The Morgan fingerprint density at radius 3 is 2.53 bits per heavy atom. The summed E-state index contributed by atoms with van der Waals surface area (Å²) in [6.45, 7) is 7.84. The van der Waals surface area contributed by atoms with Crippen molar-refractivity contribution in [1.29, 1.82) is 0 Å². The first kappa shape index (κ1) is 16.4. The molecule has 0 aromatic heterocycles. The predicted octanol–water partition coefficient (Wildman–Crippen LogP) is 0.873. The van der Waals surface area contributed by atoms with Gasteiger partial charge in [0.1, 0.15) is 0 Å². The van der Waals surface area contributed by atoms with Crippen LogP contribution in [-0.4, -0.2) is 57.4 Å². The van der Waals surface area contributed by atoms with Crippen molar-refractivity contribution >= 4 is 5.91 Å². The first-order chi connectivity index (χ1) is 9.05. The molecule has 5 heteroatoms. The maximum absolute atomic E-state index is 12.8. The van der Waals surface area contributed by atoms with Crippen LogP contribution in [0.4, 0.5) is 0 Å². The van der Waals surface area contributed by atoms with Crippen molar-refractivity contribution in [3.8, 4) is 0 Å². The van der Waals surface area contributed by atoms with Crippen molar-refractivity contribution in [2.75, 3.05) is 46.6 Å². The second-order valence-corrected chi connectivity index (χ2v) is 5.73. The molecule has 0 bridgehead atoms. The highest BCUT2D eigenvalue weighted by Gasteiger charge is 2.41. The van der Waals surface area contributed by atoms with Gasteiger partial charge in [0.25, 0.3) is 0 Å². The van der Waals surface area contributed by atoms with Crippen LogP contribution < -0.4 is 5.73 Å². The van der Waals surface area contributed by atoms with E-state index in [0.717, 1.165) is 19.4 Å². The van der Waals surface area contributed by atoms with Crippen molar-refractivity contribution in [2.45, 2.75) is 26.7 Å². The lowest BCUT2D eigenvalue weighted by molar-refractivity contribution is -0.148. The molecule has 0 aliphatic carbocycles. The lowest BCUT2D eigenvalue weighted by Crippen LogP contribution is -2.52. The molecular weight excluding hydrogens is 244 g/mol. The molecule has 2 N–H and O–H groups in total. The number of rotatable bonds is 7. The average molecular weight is 272 g/mol. The topological polar surface area (TPSA) is 64.8 Å². The van der Waals surface area contributed by atoms with Crippen LogP contribution in [0.5, 0.6) is 0 Å². The van der Waals surface area contributed by atoms with E-state index in [-0.39, 0.29) is 5.91 Å². The molecular formula is C14H28N2O3. The van der Waals surface area contributed by atoms with Crippen LogP contribution in [0, 0.1) is 11.3 Å². The summed E-state index contributed by atoms with van der Waals surface area (Å²) in [5.41, 5.74) is 5.47. The molecule has 1 saturated heterocycles. The number of ether oxygens (including phenoxy) is 2. The molecule has 0 atom stereocenters. The Balaban J connectivity index is 2.76. The summed E-state index contributed by atoms with van der Waals surface area (Å²) < 4.78 is 10.5. The standard InChI is InChI=1S/C14H28N2O3/c1-12(2)10-16(6-9-18-3)13(17)14(11-15)4-7-19-8-5-14/h12H,4-11,15H2,1-3H3. The minimum absolute atomic E-state index is 0.170. The van der Waals surface area contributed by atoms with Crippen LogP contribution in [0.15, 0.2) is 0 Å². The summed E-state index contributed by atoms with van der Waals surface area (Å²) in [7, 11) is 1.66. The van der Waals surface area contributed by atoms with Gasteiger partial charge < -0.3 is 20.1 Å². The number of amides is 1. The summed E-state index contributed by atoms with van der Waals surface area (Å²) >= 11 is 0. The maximum Gasteiger partial charge on any atom is 0.230 e. The van der Waals surface area contributed by atoms with Crippen LogP contribution in [0.25, 0.3) is 0 Å². The van der Waals surface area contributed by atoms with Crippen LogP contribution in [-0.2, 0) is 14.3 Å². The zero-order valence-corrected chi connectivity index (χ0v) is 12.5. The highest BCUT2D eigenvalue weighted by Crippen LogP contribution is 2.31. The van der Waals surface area contributed by atoms with E-state index in [1.54, 1.807) is 7.11 Å². The van der Waals surface area contributed by atoms with Gasteiger partial charge in [-0.3, -0.25) is 4.79 Å². The molecule has 112 valence electrons. The molecule has 5 nitrogen and oxygen atoms in total. The molecule has 1 fully saturated rings. The van der Waals surface area contributed by atoms with Crippen molar-refractivity contribution in [3.63, 3.8) is 0 Å². The van der Waals surface area contributed by atoms with E-state index in [1.165, 1.54) is 0 Å². The van der Waals surface area contributed by atoms with Crippen molar-refractivity contribution < 1.29 is 14.3 Å². The van der Waals surface area contributed by atoms with Gasteiger partial charge in [-0.25, -0.2) is 0 Å². The fourth-order valence-corrected chi connectivity index (χ4v) is 2.52. The number of nitrogens with zero attached hydrogens (tertiary/aromatic N) is 1. The third-order valence-electron chi connectivity index (χ3n) is 3.73. The summed E-state index contributed by atoms with van der Waals surface area (Å²) in [5.74, 6) is 0.611. The maximum atomic E-state index is 12.8. The van der Waals surface area contributed by atoms with Crippen LogP contribution in [0.2, 0.25) is 0 Å². The number of hydrogen-bond acceptors (Lipinski definition) is 4. The Kier molecular flexibility index (Phi) is 6.75. The minimum atomic E-state index is -0.430. The molecule has 0 spiro atoms. The monoisotopic (exact) mass is 272 g/mol. The zero-order valence-electron chi connectivity index (χ0n) is 12.5. The van der Waals surface area contributed by atoms with E-state index >= 15 is 0 Å². The lowest BCUT2D eigenvalue weighted by atomic mass is 9.78.